The zero-order chi connectivity index (χ0) is 13.7. The van der Waals surface area contributed by atoms with Crippen LogP contribution in [0.2, 0.25) is 0 Å². The third kappa shape index (κ3) is 3.73. The Labute approximate surface area is 116 Å². The maximum atomic E-state index is 11.9. The predicted molar refractivity (Wildman–Crippen MR) is 79.7 cm³/mol. The monoisotopic (exact) mass is 270 g/mol. The minimum atomic E-state index is -0.0454. The first kappa shape index (κ1) is 13.4. The molecule has 2 aromatic carbocycles. The molecule has 0 aliphatic carbocycles. The standard InChI is InChI=1S/C16H14O2S/c1-19-15-8-6-13(7-9-15)16(18)10-5-12-3-2-4-14(17)11-12/h2-11,17H,1H3/b10-5+. The lowest BCUT2D eigenvalue weighted by atomic mass is 10.1. The molecule has 0 heterocycles. The van der Waals surface area contributed by atoms with E-state index in [0.717, 1.165) is 10.5 Å². The molecular formula is C16H14O2S. The van der Waals surface area contributed by atoms with Crippen LogP contribution in [0.5, 0.6) is 5.75 Å². The lowest BCUT2D eigenvalue weighted by molar-refractivity contribution is 0.104. The van der Waals surface area contributed by atoms with Crippen LogP contribution in [-0.4, -0.2) is 17.1 Å². The van der Waals surface area contributed by atoms with Crippen LogP contribution >= 0.6 is 11.8 Å². The van der Waals surface area contributed by atoms with Crippen LogP contribution in [0.3, 0.4) is 0 Å². The molecule has 0 saturated carbocycles. The number of carbonyl (C=O) groups is 1. The number of carbonyl (C=O) groups excluding carboxylic acids is 1. The summed E-state index contributed by atoms with van der Waals surface area (Å²) in [5, 5.41) is 9.33. The van der Waals surface area contributed by atoms with E-state index in [2.05, 4.69) is 0 Å². The second kappa shape index (κ2) is 6.25. The van der Waals surface area contributed by atoms with Crippen molar-refractivity contribution in [2.45, 2.75) is 4.90 Å². The number of rotatable bonds is 4. The highest BCUT2D eigenvalue weighted by molar-refractivity contribution is 7.98. The van der Waals surface area contributed by atoms with Crippen molar-refractivity contribution in [3.63, 3.8) is 0 Å². The summed E-state index contributed by atoms with van der Waals surface area (Å²) in [5.74, 6) is 0.148. The first-order valence-electron chi connectivity index (χ1n) is 5.84. The summed E-state index contributed by atoms with van der Waals surface area (Å²) in [6, 6.07) is 14.3. The molecule has 0 saturated heterocycles. The van der Waals surface area contributed by atoms with Gasteiger partial charge in [0.1, 0.15) is 5.75 Å². The van der Waals surface area contributed by atoms with Crippen molar-refractivity contribution < 1.29 is 9.90 Å². The summed E-state index contributed by atoms with van der Waals surface area (Å²) in [5.41, 5.74) is 1.46. The molecular weight excluding hydrogens is 256 g/mol. The molecule has 0 aromatic heterocycles. The fraction of sp³-hybridized carbons (Fsp3) is 0.0625. The summed E-state index contributed by atoms with van der Waals surface area (Å²) >= 11 is 1.64. The molecule has 19 heavy (non-hydrogen) atoms. The van der Waals surface area contributed by atoms with E-state index >= 15 is 0 Å². The Balaban J connectivity index is 2.11. The molecule has 2 rings (SSSR count). The molecule has 0 radical (unpaired) electrons. The summed E-state index contributed by atoms with van der Waals surface area (Å²) in [6.07, 6.45) is 5.21. The van der Waals surface area contributed by atoms with Gasteiger partial charge in [0.05, 0.1) is 0 Å². The average Bonchev–Trinajstić information content (AvgIpc) is 2.45. The Morgan fingerprint density at radius 1 is 1.16 bits per heavy atom. The number of phenolic OH excluding ortho intramolecular Hbond substituents is 1. The molecule has 0 bridgehead atoms. The number of ketones is 1. The molecule has 0 aliphatic rings. The predicted octanol–water partition coefficient (Wildman–Crippen LogP) is 4.01. The summed E-state index contributed by atoms with van der Waals surface area (Å²) in [6.45, 7) is 0. The number of allylic oxidation sites excluding steroid dienone is 1. The van der Waals surface area contributed by atoms with Crippen molar-refractivity contribution in [1.82, 2.24) is 0 Å². The van der Waals surface area contributed by atoms with E-state index in [0.29, 0.717) is 5.56 Å². The average molecular weight is 270 g/mol. The Morgan fingerprint density at radius 2 is 1.89 bits per heavy atom. The van der Waals surface area contributed by atoms with Gasteiger partial charge in [0.2, 0.25) is 0 Å². The van der Waals surface area contributed by atoms with Crippen LogP contribution in [-0.2, 0) is 0 Å². The highest BCUT2D eigenvalue weighted by Crippen LogP contribution is 2.16. The quantitative estimate of drug-likeness (QED) is 0.518. The van der Waals surface area contributed by atoms with Gasteiger partial charge in [-0.15, -0.1) is 11.8 Å². The van der Waals surface area contributed by atoms with Crippen LogP contribution in [0.15, 0.2) is 59.5 Å². The number of thioether (sulfide) groups is 1. The van der Waals surface area contributed by atoms with E-state index in [1.165, 1.54) is 6.08 Å². The number of phenols is 1. The van der Waals surface area contributed by atoms with Crippen LogP contribution in [0.25, 0.3) is 6.08 Å². The van der Waals surface area contributed by atoms with Crippen molar-refractivity contribution in [1.29, 1.82) is 0 Å². The topological polar surface area (TPSA) is 37.3 Å². The molecule has 2 aromatic rings. The first-order valence-corrected chi connectivity index (χ1v) is 7.07. The maximum Gasteiger partial charge on any atom is 0.185 e. The third-order valence-electron chi connectivity index (χ3n) is 2.67. The zero-order valence-electron chi connectivity index (χ0n) is 10.5. The van der Waals surface area contributed by atoms with Gasteiger partial charge in [-0.3, -0.25) is 4.79 Å². The number of hydrogen-bond acceptors (Lipinski definition) is 3. The van der Waals surface area contributed by atoms with E-state index in [9.17, 15) is 9.90 Å². The maximum absolute atomic E-state index is 11.9. The number of hydrogen-bond donors (Lipinski definition) is 1. The first-order chi connectivity index (χ1) is 9.19. The van der Waals surface area contributed by atoms with E-state index in [-0.39, 0.29) is 11.5 Å². The minimum Gasteiger partial charge on any atom is -0.508 e. The number of aromatic hydroxyl groups is 1. The van der Waals surface area contributed by atoms with Gasteiger partial charge in [0, 0.05) is 10.5 Å². The smallest absolute Gasteiger partial charge is 0.185 e. The zero-order valence-corrected chi connectivity index (χ0v) is 11.4. The lowest BCUT2D eigenvalue weighted by Crippen LogP contribution is -1.93. The highest BCUT2D eigenvalue weighted by Gasteiger charge is 2.01. The van der Waals surface area contributed by atoms with Gasteiger partial charge in [-0.25, -0.2) is 0 Å². The van der Waals surface area contributed by atoms with Crippen molar-refractivity contribution in [3.05, 3.63) is 65.7 Å². The highest BCUT2D eigenvalue weighted by atomic mass is 32.2. The molecule has 0 aliphatic heterocycles. The van der Waals surface area contributed by atoms with Crippen molar-refractivity contribution in [2.75, 3.05) is 6.26 Å². The van der Waals surface area contributed by atoms with Gasteiger partial charge < -0.3 is 5.11 Å². The molecule has 1 N–H and O–H groups in total. The van der Waals surface area contributed by atoms with Crippen molar-refractivity contribution >= 4 is 23.6 Å². The Hall–Kier alpha value is -2.00. The summed E-state index contributed by atoms with van der Waals surface area (Å²) < 4.78 is 0. The van der Waals surface area contributed by atoms with Gasteiger partial charge in [0.25, 0.3) is 0 Å². The summed E-state index contributed by atoms with van der Waals surface area (Å²) in [7, 11) is 0. The van der Waals surface area contributed by atoms with Gasteiger partial charge in [-0.2, -0.15) is 0 Å². The fourth-order valence-electron chi connectivity index (χ4n) is 1.65. The number of benzene rings is 2. The Morgan fingerprint density at radius 3 is 2.53 bits per heavy atom. The third-order valence-corrected chi connectivity index (χ3v) is 3.42. The van der Waals surface area contributed by atoms with Crippen LogP contribution in [0, 0.1) is 0 Å². The molecule has 3 heteroatoms. The van der Waals surface area contributed by atoms with Crippen LogP contribution < -0.4 is 0 Å². The largest absolute Gasteiger partial charge is 0.508 e. The van der Waals surface area contributed by atoms with Crippen LogP contribution in [0.1, 0.15) is 15.9 Å². The second-order valence-electron chi connectivity index (χ2n) is 4.02. The molecule has 0 atom stereocenters. The van der Waals surface area contributed by atoms with E-state index in [1.807, 2.05) is 36.6 Å². The molecule has 0 spiro atoms. The van der Waals surface area contributed by atoms with Gasteiger partial charge >= 0.3 is 0 Å². The van der Waals surface area contributed by atoms with Crippen molar-refractivity contribution in [3.8, 4) is 5.75 Å². The molecule has 0 fully saturated rings. The summed E-state index contributed by atoms with van der Waals surface area (Å²) in [4.78, 5) is 13.1. The SMILES string of the molecule is CSc1ccc(C(=O)/C=C/c2cccc(O)c2)cc1. The van der Waals surface area contributed by atoms with E-state index in [4.69, 9.17) is 0 Å². The second-order valence-corrected chi connectivity index (χ2v) is 4.90. The van der Waals surface area contributed by atoms with Crippen molar-refractivity contribution in [2.24, 2.45) is 0 Å². The van der Waals surface area contributed by atoms with E-state index in [1.54, 1.807) is 36.0 Å². The molecule has 0 unspecified atom stereocenters. The minimum absolute atomic E-state index is 0.0454. The molecule has 2 nitrogen and oxygen atoms in total. The lowest BCUT2D eigenvalue weighted by Gasteiger charge is -1.99. The molecule has 96 valence electrons. The molecule has 0 amide bonds. The van der Waals surface area contributed by atoms with Crippen LogP contribution in [0.4, 0.5) is 0 Å². The van der Waals surface area contributed by atoms with Gasteiger partial charge in [0.15, 0.2) is 5.78 Å². The normalized spacial score (nSPS) is 10.8. The Bertz CT molecular complexity index is 600. The Kier molecular flexibility index (Phi) is 4.42. The van der Waals surface area contributed by atoms with E-state index < -0.39 is 0 Å². The van der Waals surface area contributed by atoms with Gasteiger partial charge in [-0.1, -0.05) is 18.2 Å². The fourth-order valence-corrected chi connectivity index (χ4v) is 2.06. The van der Waals surface area contributed by atoms with Gasteiger partial charge in [-0.05, 0) is 54.3 Å².